The van der Waals surface area contributed by atoms with Gasteiger partial charge in [0, 0.05) is 6.04 Å². The average molecular weight is 219 g/mol. The van der Waals surface area contributed by atoms with Crippen LogP contribution >= 0.6 is 0 Å². The topological polar surface area (TPSA) is 21.3 Å². The normalized spacial score (nSPS) is 18.6. The van der Waals surface area contributed by atoms with Crippen LogP contribution in [0.1, 0.15) is 25.7 Å². The number of rotatable bonds is 5. The molecule has 0 saturated heterocycles. The molecule has 2 rings (SSSR count). The zero-order valence-corrected chi connectivity index (χ0v) is 9.99. The molecule has 1 fully saturated rings. The lowest BCUT2D eigenvalue weighted by atomic mass is 9.99. The Labute approximate surface area is 98.0 Å². The third kappa shape index (κ3) is 2.99. The number of ether oxygens (including phenoxy) is 1. The third-order valence-corrected chi connectivity index (χ3v) is 3.51. The molecular formula is C14H21NO. The summed E-state index contributed by atoms with van der Waals surface area (Å²) in [6.07, 6.45) is 5.47. The van der Waals surface area contributed by atoms with Crippen LogP contribution in [0.4, 0.5) is 0 Å². The molecule has 16 heavy (non-hydrogen) atoms. The van der Waals surface area contributed by atoms with Gasteiger partial charge in [0.25, 0.3) is 0 Å². The second-order valence-corrected chi connectivity index (χ2v) is 4.56. The van der Waals surface area contributed by atoms with Crippen LogP contribution in [0.2, 0.25) is 0 Å². The Balaban J connectivity index is 1.83. The minimum atomic E-state index is 0.503. The molecule has 0 spiro atoms. The number of para-hydroxylation sites is 1. The standard InChI is InChI=1S/C14H21NO/c1-15-14(12-7-5-6-8-12)11-16-13-9-3-2-4-10-13/h2-4,9-10,12,14-15H,5-8,11H2,1H3. The van der Waals surface area contributed by atoms with Crippen LogP contribution in [-0.2, 0) is 0 Å². The highest BCUT2D eigenvalue weighted by Crippen LogP contribution is 2.27. The first-order chi connectivity index (χ1) is 7.90. The van der Waals surface area contributed by atoms with Crippen LogP contribution < -0.4 is 10.1 Å². The van der Waals surface area contributed by atoms with E-state index >= 15 is 0 Å². The molecule has 1 aliphatic rings. The quantitative estimate of drug-likeness (QED) is 0.822. The highest BCUT2D eigenvalue weighted by molar-refractivity contribution is 5.20. The molecule has 0 aliphatic heterocycles. The lowest BCUT2D eigenvalue weighted by Crippen LogP contribution is -2.37. The first-order valence-corrected chi connectivity index (χ1v) is 6.25. The fourth-order valence-corrected chi connectivity index (χ4v) is 2.52. The first-order valence-electron chi connectivity index (χ1n) is 6.25. The number of hydrogen-bond donors (Lipinski definition) is 1. The maximum absolute atomic E-state index is 5.81. The van der Waals surface area contributed by atoms with Crippen LogP contribution in [0.5, 0.6) is 5.75 Å². The van der Waals surface area contributed by atoms with Gasteiger partial charge in [0.15, 0.2) is 0 Å². The van der Waals surface area contributed by atoms with E-state index < -0.39 is 0 Å². The van der Waals surface area contributed by atoms with Crippen molar-refractivity contribution in [2.24, 2.45) is 5.92 Å². The van der Waals surface area contributed by atoms with Gasteiger partial charge in [-0.25, -0.2) is 0 Å². The summed E-state index contributed by atoms with van der Waals surface area (Å²) in [5, 5.41) is 3.39. The van der Waals surface area contributed by atoms with Crippen molar-refractivity contribution in [3.63, 3.8) is 0 Å². The molecule has 0 radical (unpaired) electrons. The third-order valence-electron chi connectivity index (χ3n) is 3.51. The van der Waals surface area contributed by atoms with Crippen molar-refractivity contribution in [3.05, 3.63) is 30.3 Å². The second-order valence-electron chi connectivity index (χ2n) is 4.56. The molecule has 1 atom stereocenters. The zero-order chi connectivity index (χ0) is 11.2. The summed E-state index contributed by atoms with van der Waals surface area (Å²) in [6.45, 7) is 0.783. The van der Waals surface area contributed by atoms with Crippen molar-refractivity contribution in [3.8, 4) is 5.75 Å². The Kier molecular flexibility index (Phi) is 4.23. The van der Waals surface area contributed by atoms with Gasteiger partial charge in [0.1, 0.15) is 12.4 Å². The molecule has 0 heterocycles. The largest absolute Gasteiger partial charge is 0.492 e. The summed E-state index contributed by atoms with van der Waals surface area (Å²) in [5.41, 5.74) is 0. The molecule has 88 valence electrons. The van der Waals surface area contributed by atoms with Gasteiger partial charge in [-0.3, -0.25) is 0 Å². The van der Waals surface area contributed by atoms with Crippen molar-refractivity contribution < 1.29 is 4.74 Å². The lowest BCUT2D eigenvalue weighted by Gasteiger charge is -2.23. The van der Waals surface area contributed by atoms with Gasteiger partial charge in [-0.2, -0.15) is 0 Å². The van der Waals surface area contributed by atoms with E-state index in [0.717, 1.165) is 18.3 Å². The molecule has 2 nitrogen and oxygen atoms in total. The molecule has 1 saturated carbocycles. The van der Waals surface area contributed by atoms with E-state index in [2.05, 4.69) is 5.32 Å². The van der Waals surface area contributed by atoms with Crippen LogP contribution in [0.3, 0.4) is 0 Å². The SMILES string of the molecule is CNC(COc1ccccc1)C1CCCC1. The van der Waals surface area contributed by atoms with E-state index in [4.69, 9.17) is 4.74 Å². The number of hydrogen-bond acceptors (Lipinski definition) is 2. The van der Waals surface area contributed by atoms with Gasteiger partial charge in [-0.1, -0.05) is 31.0 Å². The molecule has 1 unspecified atom stereocenters. The number of nitrogens with one attached hydrogen (secondary N) is 1. The van der Waals surface area contributed by atoms with Gasteiger partial charge in [-0.05, 0) is 37.9 Å². The molecule has 2 heteroatoms. The molecule has 1 aromatic rings. The lowest BCUT2D eigenvalue weighted by molar-refractivity contribution is 0.225. The number of benzene rings is 1. The highest BCUT2D eigenvalue weighted by atomic mass is 16.5. The first kappa shape index (κ1) is 11.5. The summed E-state index contributed by atoms with van der Waals surface area (Å²) in [4.78, 5) is 0. The van der Waals surface area contributed by atoms with Gasteiger partial charge < -0.3 is 10.1 Å². The van der Waals surface area contributed by atoms with Gasteiger partial charge >= 0.3 is 0 Å². The van der Waals surface area contributed by atoms with Gasteiger partial charge in [-0.15, -0.1) is 0 Å². The Morgan fingerprint density at radius 3 is 2.56 bits per heavy atom. The summed E-state index contributed by atoms with van der Waals surface area (Å²) < 4.78 is 5.81. The number of likely N-dealkylation sites (N-methyl/N-ethyl adjacent to an activating group) is 1. The van der Waals surface area contributed by atoms with Crippen molar-refractivity contribution in [1.29, 1.82) is 0 Å². The van der Waals surface area contributed by atoms with Crippen LogP contribution in [0.25, 0.3) is 0 Å². The van der Waals surface area contributed by atoms with E-state index in [0.29, 0.717) is 6.04 Å². The van der Waals surface area contributed by atoms with E-state index in [1.807, 2.05) is 37.4 Å². The Bertz CT molecular complexity index is 293. The van der Waals surface area contributed by atoms with Crippen molar-refractivity contribution >= 4 is 0 Å². The molecule has 0 aromatic heterocycles. The maximum atomic E-state index is 5.81. The van der Waals surface area contributed by atoms with E-state index in [1.54, 1.807) is 0 Å². The fraction of sp³-hybridized carbons (Fsp3) is 0.571. The smallest absolute Gasteiger partial charge is 0.119 e. The van der Waals surface area contributed by atoms with E-state index in [1.165, 1.54) is 25.7 Å². The van der Waals surface area contributed by atoms with E-state index in [-0.39, 0.29) is 0 Å². The Morgan fingerprint density at radius 1 is 1.25 bits per heavy atom. The van der Waals surface area contributed by atoms with Gasteiger partial charge in [0.2, 0.25) is 0 Å². The van der Waals surface area contributed by atoms with Crippen molar-refractivity contribution in [2.75, 3.05) is 13.7 Å². The zero-order valence-electron chi connectivity index (χ0n) is 9.99. The summed E-state index contributed by atoms with van der Waals surface area (Å²) in [6, 6.07) is 10.6. The average Bonchev–Trinajstić information content (AvgIpc) is 2.85. The monoisotopic (exact) mass is 219 g/mol. The van der Waals surface area contributed by atoms with Crippen molar-refractivity contribution in [2.45, 2.75) is 31.7 Å². The van der Waals surface area contributed by atoms with E-state index in [9.17, 15) is 0 Å². The predicted octanol–water partition coefficient (Wildman–Crippen LogP) is 2.84. The molecule has 0 bridgehead atoms. The highest BCUT2D eigenvalue weighted by Gasteiger charge is 2.24. The molecule has 1 N–H and O–H groups in total. The minimum Gasteiger partial charge on any atom is -0.492 e. The minimum absolute atomic E-state index is 0.503. The summed E-state index contributed by atoms with van der Waals surface area (Å²) in [5.74, 6) is 1.77. The maximum Gasteiger partial charge on any atom is 0.119 e. The molecule has 0 amide bonds. The van der Waals surface area contributed by atoms with Crippen molar-refractivity contribution in [1.82, 2.24) is 5.32 Å². The molecular weight excluding hydrogens is 198 g/mol. The van der Waals surface area contributed by atoms with Gasteiger partial charge in [0.05, 0.1) is 0 Å². The summed E-state index contributed by atoms with van der Waals surface area (Å²) >= 11 is 0. The van der Waals surface area contributed by atoms with Crippen LogP contribution in [0.15, 0.2) is 30.3 Å². The molecule has 1 aliphatic carbocycles. The second kappa shape index (κ2) is 5.90. The van der Waals surface area contributed by atoms with Crippen LogP contribution in [-0.4, -0.2) is 19.7 Å². The Hall–Kier alpha value is -1.02. The summed E-state index contributed by atoms with van der Waals surface area (Å²) in [7, 11) is 2.04. The fourth-order valence-electron chi connectivity index (χ4n) is 2.52. The Morgan fingerprint density at radius 2 is 1.94 bits per heavy atom. The van der Waals surface area contributed by atoms with Crippen LogP contribution in [0, 0.1) is 5.92 Å². The predicted molar refractivity (Wildman–Crippen MR) is 66.7 cm³/mol. The molecule has 1 aromatic carbocycles.